The van der Waals surface area contributed by atoms with E-state index in [9.17, 15) is 15.2 Å². The van der Waals surface area contributed by atoms with Crippen LogP contribution in [-0.4, -0.2) is 10.0 Å². The van der Waals surface area contributed by atoms with Gasteiger partial charge in [-0.1, -0.05) is 6.07 Å². The number of phenolic OH excluding ortho intramolecular Hbond substituents is 1. The summed E-state index contributed by atoms with van der Waals surface area (Å²) in [5, 5.41) is 22.3. The zero-order chi connectivity index (χ0) is 11.7. The Morgan fingerprint density at radius 2 is 2.19 bits per heavy atom. The number of nitro benzene ring substituents is 1. The molecule has 2 aromatic rings. The molecule has 0 unspecified atom stereocenters. The van der Waals surface area contributed by atoms with E-state index in [1.807, 2.05) is 17.5 Å². The lowest BCUT2D eigenvalue weighted by Crippen LogP contribution is -1.90. The molecule has 1 aromatic carbocycles. The number of aromatic hydroxyl groups is 1. The van der Waals surface area contributed by atoms with E-state index in [1.54, 1.807) is 6.92 Å². The van der Waals surface area contributed by atoms with Crippen molar-refractivity contribution in [3.8, 4) is 16.2 Å². The molecule has 5 heteroatoms. The molecule has 1 heterocycles. The van der Waals surface area contributed by atoms with Gasteiger partial charge in [-0.05, 0) is 23.9 Å². The quantitative estimate of drug-likeness (QED) is 0.641. The van der Waals surface area contributed by atoms with Crippen LogP contribution in [0.25, 0.3) is 10.4 Å². The number of phenols is 1. The minimum absolute atomic E-state index is 0.0471. The van der Waals surface area contributed by atoms with Gasteiger partial charge >= 0.3 is 0 Å². The molecule has 0 amide bonds. The average Bonchev–Trinajstić information content (AvgIpc) is 2.69. The molecule has 0 atom stereocenters. The van der Waals surface area contributed by atoms with Crippen molar-refractivity contribution in [2.24, 2.45) is 0 Å². The fourth-order valence-electron chi connectivity index (χ4n) is 1.60. The van der Waals surface area contributed by atoms with Crippen molar-refractivity contribution in [1.29, 1.82) is 0 Å². The fraction of sp³-hybridized carbons (Fsp3) is 0.0909. The lowest BCUT2D eigenvalue weighted by molar-refractivity contribution is -0.385. The van der Waals surface area contributed by atoms with E-state index in [2.05, 4.69) is 0 Å². The van der Waals surface area contributed by atoms with Crippen molar-refractivity contribution < 1.29 is 10.0 Å². The molecular formula is C11H9NO3S. The molecule has 0 radical (unpaired) electrons. The van der Waals surface area contributed by atoms with Crippen molar-refractivity contribution in [2.75, 3.05) is 0 Å². The maximum absolute atomic E-state index is 10.6. The van der Waals surface area contributed by atoms with E-state index in [-0.39, 0.29) is 11.4 Å². The van der Waals surface area contributed by atoms with Crippen LogP contribution in [0.4, 0.5) is 5.69 Å². The summed E-state index contributed by atoms with van der Waals surface area (Å²) in [6.45, 7) is 1.75. The molecule has 1 N–H and O–H groups in total. The fourth-order valence-corrected chi connectivity index (χ4v) is 2.44. The van der Waals surface area contributed by atoms with Crippen LogP contribution in [0.3, 0.4) is 0 Å². The number of nitrogens with zero attached hydrogens (tertiary/aromatic N) is 1. The first-order valence-electron chi connectivity index (χ1n) is 4.61. The molecule has 0 aliphatic carbocycles. The Morgan fingerprint density at radius 1 is 1.44 bits per heavy atom. The second kappa shape index (κ2) is 3.94. The molecule has 4 nitrogen and oxygen atoms in total. The Labute approximate surface area is 95.9 Å². The summed E-state index contributed by atoms with van der Waals surface area (Å²) in [7, 11) is 0. The van der Waals surface area contributed by atoms with E-state index < -0.39 is 4.92 Å². The van der Waals surface area contributed by atoms with E-state index in [4.69, 9.17) is 0 Å². The maximum Gasteiger partial charge on any atom is 0.273 e. The van der Waals surface area contributed by atoms with Gasteiger partial charge in [0.25, 0.3) is 5.69 Å². The van der Waals surface area contributed by atoms with Crippen LogP contribution in [0.15, 0.2) is 29.6 Å². The summed E-state index contributed by atoms with van der Waals surface area (Å²) in [5.74, 6) is -0.0471. The molecule has 0 saturated heterocycles. The zero-order valence-electron chi connectivity index (χ0n) is 8.51. The Bertz CT molecular complexity index is 511. The molecule has 82 valence electrons. The third-order valence-electron chi connectivity index (χ3n) is 2.28. The molecule has 0 saturated carbocycles. The zero-order valence-corrected chi connectivity index (χ0v) is 9.32. The average molecular weight is 235 g/mol. The second-order valence-corrected chi connectivity index (χ2v) is 4.34. The van der Waals surface area contributed by atoms with Gasteiger partial charge in [-0.3, -0.25) is 10.1 Å². The highest BCUT2D eigenvalue weighted by Crippen LogP contribution is 2.37. The van der Waals surface area contributed by atoms with Crippen molar-refractivity contribution in [3.63, 3.8) is 0 Å². The predicted molar refractivity (Wildman–Crippen MR) is 62.8 cm³/mol. The highest BCUT2D eigenvalue weighted by Gasteiger charge is 2.15. The minimum atomic E-state index is -0.509. The topological polar surface area (TPSA) is 63.4 Å². The Hall–Kier alpha value is -1.88. The number of thiophene rings is 1. The number of nitro groups is 1. The van der Waals surface area contributed by atoms with Crippen LogP contribution in [0.1, 0.15) is 5.56 Å². The predicted octanol–water partition coefficient (Wildman–Crippen LogP) is 3.34. The third-order valence-corrected chi connectivity index (χ3v) is 3.17. The number of aryl methyl sites for hydroxylation is 1. The molecule has 1 aromatic heterocycles. The molecule has 0 aliphatic rings. The molecular weight excluding hydrogens is 226 g/mol. The van der Waals surface area contributed by atoms with Gasteiger partial charge in [0, 0.05) is 16.5 Å². The van der Waals surface area contributed by atoms with Crippen LogP contribution in [-0.2, 0) is 0 Å². The monoisotopic (exact) mass is 235 g/mol. The molecule has 0 fully saturated rings. The Kier molecular flexibility index (Phi) is 2.62. The second-order valence-electron chi connectivity index (χ2n) is 3.39. The van der Waals surface area contributed by atoms with Crippen molar-refractivity contribution in [3.05, 3.63) is 45.3 Å². The lowest BCUT2D eigenvalue weighted by atomic mass is 10.1. The number of hydrogen-bond donors (Lipinski definition) is 1. The van der Waals surface area contributed by atoms with Gasteiger partial charge in [0.15, 0.2) is 0 Å². The minimum Gasteiger partial charge on any atom is -0.507 e. The van der Waals surface area contributed by atoms with Crippen molar-refractivity contribution >= 4 is 17.0 Å². The normalized spacial score (nSPS) is 10.3. The van der Waals surface area contributed by atoms with Gasteiger partial charge in [-0.15, -0.1) is 11.3 Å². The molecule has 0 bridgehead atoms. The Balaban J connectivity index is 2.61. The summed E-state index contributed by atoms with van der Waals surface area (Å²) in [6, 6.07) is 6.40. The van der Waals surface area contributed by atoms with Crippen molar-refractivity contribution in [1.82, 2.24) is 0 Å². The van der Waals surface area contributed by atoms with Gasteiger partial charge < -0.3 is 5.11 Å². The number of non-ortho nitro benzene ring substituents is 1. The van der Waals surface area contributed by atoms with E-state index in [1.165, 1.54) is 23.5 Å². The smallest absolute Gasteiger partial charge is 0.273 e. The third kappa shape index (κ3) is 1.77. The molecule has 2 rings (SSSR count). The largest absolute Gasteiger partial charge is 0.507 e. The first-order valence-corrected chi connectivity index (χ1v) is 5.49. The number of hydrogen-bond acceptors (Lipinski definition) is 4. The summed E-state index contributed by atoms with van der Waals surface area (Å²) >= 11 is 1.49. The summed E-state index contributed by atoms with van der Waals surface area (Å²) < 4.78 is 0. The molecule has 16 heavy (non-hydrogen) atoms. The SMILES string of the molecule is Cc1cc([N+](=O)[O-])cc(O)c1-c1cccs1. The van der Waals surface area contributed by atoms with Crippen LogP contribution >= 0.6 is 11.3 Å². The van der Waals surface area contributed by atoms with E-state index >= 15 is 0 Å². The van der Waals surface area contributed by atoms with Gasteiger partial charge in [0.05, 0.1) is 11.0 Å². The van der Waals surface area contributed by atoms with Crippen LogP contribution in [0.2, 0.25) is 0 Å². The number of benzene rings is 1. The standard InChI is InChI=1S/C11H9NO3S/c1-7-5-8(12(14)15)6-9(13)11(7)10-3-2-4-16-10/h2-6,13H,1H3. The van der Waals surface area contributed by atoms with Gasteiger partial charge in [-0.2, -0.15) is 0 Å². The Morgan fingerprint density at radius 3 is 2.69 bits per heavy atom. The first-order chi connectivity index (χ1) is 7.59. The molecule has 0 aliphatic heterocycles. The first kappa shape index (κ1) is 10.6. The summed E-state index contributed by atoms with van der Waals surface area (Å²) in [4.78, 5) is 11.0. The van der Waals surface area contributed by atoms with Crippen LogP contribution in [0.5, 0.6) is 5.75 Å². The highest BCUT2D eigenvalue weighted by molar-refractivity contribution is 7.13. The van der Waals surface area contributed by atoms with Crippen molar-refractivity contribution in [2.45, 2.75) is 6.92 Å². The van der Waals surface area contributed by atoms with E-state index in [0.29, 0.717) is 11.1 Å². The molecule has 0 spiro atoms. The lowest BCUT2D eigenvalue weighted by Gasteiger charge is -2.06. The van der Waals surface area contributed by atoms with Gasteiger partial charge in [0.1, 0.15) is 5.75 Å². The van der Waals surface area contributed by atoms with Gasteiger partial charge in [0.2, 0.25) is 0 Å². The van der Waals surface area contributed by atoms with Crippen LogP contribution < -0.4 is 0 Å². The summed E-state index contributed by atoms with van der Waals surface area (Å²) in [5.41, 5.74) is 1.28. The van der Waals surface area contributed by atoms with Crippen LogP contribution in [0, 0.1) is 17.0 Å². The maximum atomic E-state index is 10.6. The highest BCUT2D eigenvalue weighted by atomic mass is 32.1. The number of rotatable bonds is 2. The van der Waals surface area contributed by atoms with Gasteiger partial charge in [-0.25, -0.2) is 0 Å². The summed E-state index contributed by atoms with van der Waals surface area (Å²) in [6.07, 6.45) is 0. The van der Waals surface area contributed by atoms with E-state index in [0.717, 1.165) is 4.88 Å².